The fourth-order valence-corrected chi connectivity index (χ4v) is 2.85. The van der Waals surface area contributed by atoms with Crippen molar-refractivity contribution in [1.82, 2.24) is 9.97 Å². The molecule has 6 nitrogen and oxygen atoms in total. The molecule has 0 radical (unpaired) electrons. The summed E-state index contributed by atoms with van der Waals surface area (Å²) in [6.45, 7) is 0. The van der Waals surface area contributed by atoms with Gasteiger partial charge in [-0.3, -0.25) is 0 Å². The summed E-state index contributed by atoms with van der Waals surface area (Å²) < 4.78 is 0. The Hall–Kier alpha value is -4.32. The average molecular weight is 400 g/mol. The third-order valence-corrected chi connectivity index (χ3v) is 4.34. The van der Waals surface area contributed by atoms with Gasteiger partial charge in [0.2, 0.25) is 0 Å². The molecule has 0 amide bonds. The molecule has 0 saturated carbocycles. The van der Waals surface area contributed by atoms with Gasteiger partial charge in [0.15, 0.2) is 0 Å². The van der Waals surface area contributed by atoms with E-state index < -0.39 is 11.9 Å². The van der Waals surface area contributed by atoms with Gasteiger partial charge in [0.25, 0.3) is 0 Å². The molecule has 2 aromatic heterocycles. The Morgan fingerprint density at radius 2 is 0.767 bits per heavy atom. The van der Waals surface area contributed by atoms with Crippen molar-refractivity contribution < 1.29 is 19.8 Å². The number of rotatable bonds is 2. The smallest absolute Gasteiger partial charge is 0.336 e. The predicted octanol–water partition coefficient (Wildman–Crippen LogP) is 5.42. The van der Waals surface area contributed by atoms with Crippen molar-refractivity contribution in [3.05, 3.63) is 109 Å². The van der Waals surface area contributed by atoms with Crippen LogP contribution in [0.3, 0.4) is 0 Å². The largest absolute Gasteiger partial charge is 0.478 e. The summed E-state index contributed by atoms with van der Waals surface area (Å²) in [7, 11) is 0. The van der Waals surface area contributed by atoms with Gasteiger partial charge in [0.05, 0.1) is 11.1 Å². The Morgan fingerprint density at radius 3 is 1.03 bits per heavy atom. The summed E-state index contributed by atoms with van der Waals surface area (Å²) in [4.78, 5) is 27.0. The van der Waals surface area contributed by atoms with Gasteiger partial charge in [-0.1, -0.05) is 60.7 Å². The van der Waals surface area contributed by atoms with Crippen LogP contribution in [0.2, 0.25) is 0 Å². The van der Waals surface area contributed by atoms with E-state index >= 15 is 0 Å². The van der Waals surface area contributed by atoms with Crippen molar-refractivity contribution in [2.24, 2.45) is 0 Å². The third kappa shape index (κ3) is 5.14. The van der Waals surface area contributed by atoms with Gasteiger partial charge in [-0.2, -0.15) is 0 Å². The lowest BCUT2D eigenvalue weighted by Crippen LogP contribution is -2.06. The molecule has 0 bridgehead atoms. The molecule has 4 N–H and O–H groups in total. The number of nitrogens with one attached hydrogen (secondary N) is 2. The molecule has 0 aliphatic carbocycles. The molecule has 0 fully saturated rings. The summed E-state index contributed by atoms with van der Waals surface area (Å²) in [5.74, 6) is -2.46. The Kier molecular flexibility index (Phi) is 6.63. The molecular formula is C24H20N2O4. The number of fused-ring (bicyclic) bond motifs is 2. The molecule has 0 aliphatic rings. The van der Waals surface area contributed by atoms with Crippen LogP contribution in [0.15, 0.2) is 97.6 Å². The van der Waals surface area contributed by atoms with Crippen molar-refractivity contribution in [3.8, 4) is 0 Å². The zero-order chi connectivity index (χ0) is 21.3. The maximum absolute atomic E-state index is 10.5. The SMILES string of the molecule is O=C(O)c1ccccc1C(=O)O.c1ccc2c[nH]cc2c1.c1ccc2c[nH]cc2c1. The van der Waals surface area contributed by atoms with Gasteiger partial charge in [-0.15, -0.1) is 0 Å². The van der Waals surface area contributed by atoms with Crippen molar-refractivity contribution in [3.63, 3.8) is 0 Å². The van der Waals surface area contributed by atoms with E-state index in [9.17, 15) is 9.59 Å². The van der Waals surface area contributed by atoms with Gasteiger partial charge in [-0.25, -0.2) is 9.59 Å². The van der Waals surface area contributed by atoms with Crippen LogP contribution < -0.4 is 0 Å². The maximum Gasteiger partial charge on any atom is 0.336 e. The van der Waals surface area contributed by atoms with E-state index in [1.807, 2.05) is 49.1 Å². The topological polar surface area (TPSA) is 106 Å². The number of aromatic amines is 2. The molecule has 0 unspecified atom stereocenters. The van der Waals surface area contributed by atoms with E-state index in [1.54, 1.807) is 0 Å². The Balaban J connectivity index is 0.000000130. The van der Waals surface area contributed by atoms with Crippen molar-refractivity contribution in [1.29, 1.82) is 0 Å². The zero-order valence-electron chi connectivity index (χ0n) is 15.9. The normalized spacial score (nSPS) is 9.87. The lowest BCUT2D eigenvalue weighted by atomic mass is 10.1. The highest BCUT2D eigenvalue weighted by Gasteiger charge is 2.13. The minimum absolute atomic E-state index is 0.190. The first-order valence-corrected chi connectivity index (χ1v) is 9.15. The lowest BCUT2D eigenvalue weighted by Gasteiger charge is -1.98. The number of H-pyrrole nitrogens is 2. The second-order valence-corrected chi connectivity index (χ2v) is 6.32. The van der Waals surface area contributed by atoms with Gasteiger partial charge < -0.3 is 20.2 Å². The maximum atomic E-state index is 10.5. The zero-order valence-corrected chi connectivity index (χ0v) is 15.9. The number of carboxylic acid groups (broad SMARTS) is 2. The first kappa shape index (κ1) is 20.4. The molecule has 0 saturated heterocycles. The summed E-state index contributed by atoms with van der Waals surface area (Å²) >= 11 is 0. The van der Waals surface area contributed by atoms with Crippen molar-refractivity contribution in [2.75, 3.05) is 0 Å². The number of carboxylic acids is 2. The van der Waals surface area contributed by atoms with E-state index in [2.05, 4.69) is 34.2 Å². The second-order valence-electron chi connectivity index (χ2n) is 6.32. The molecule has 2 heterocycles. The van der Waals surface area contributed by atoms with E-state index in [4.69, 9.17) is 10.2 Å². The van der Waals surface area contributed by atoms with E-state index in [-0.39, 0.29) is 11.1 Å². The number of carbonyl (C=O) groups is 2. The highest BCUT2D eigenvalue weighted by atomic mass is 16.4. The van der Waals surface area contributed by atoms with Crippen LogP contribution in [0.4, 0.5) is 0 Å². The minimum Gasteiger partial charge on any atom is -0.478 e. The third-order valence-electron chi connectivity index (χ3n) is 4.34. The van der Waals surface area contributed by atoms with Crippen LogP contribution in [0.5, 0.6) is 0 Å². The van der Waals surface area contributed by atoms with Gasteiger partial charge in [-0.05, 0) is 33.7 Å². The molecule has 0 atom stereocenters. The van der Waals surface area contributed by atoms with Crippen LogP contribution in [0.25, 0.3) is 21.5 Å². The number of hydrogen-bond donors (Lipinski definition) is 4. The Labute approximate surface area is 172 Å². The van der Waals surface area contributed by atoms with E-state index in [0.717, 1.165) is 0 Å². The molecule has 5 rings (SSSR count). The summed E-state index contributed by atoms with van der Waals surface area (Å²) in [6.07, 6.45) is 7.98. The van der Waals surface area contributed by atoms with E-state index in [0.29, 0.717) is 0 Å². The lowest BCUT2D eigenvalue weighted by molar-refractivity contribution is 0.0651. The monoisotopic (exact) mass is 400 g/mol. The van der Waals surface area contributed by atoms with Crippen molar-refractivity contribution >= 4 is 33.5 Å². The molecule has 3 aromatic carbocycles. The number of aromatic carboxylic acids is 2. The number of aromatic nitrogens is 2. The van der Waals surface area contributed by atoms with Crippen LogP contribution >= 0.6 is 0 Å². The quantitative estimate of drug-likeness (QED) is 0.317. The molecule has 0 spiro atoms. The van der Waals surface area contributed by atoms with Crippen LogP contribution in [-0.2, 0) is 0 Å². The van der Waals surface area contributed by atoms with Crippen LogP contribution in [-0.4, -0.2) is 32.1 Å². The predicted molar refractivity (Wildman–Crippen MR) is 117 cm³/mol. The van der Waals surface area contributed by atoms with Gasteiger partial charge in [0, 0.05) is 24.8 Å². The highest BCUT2D eigenvalue weighted by molar-refractivity contribution is 6.01. The first-order valence-electron chi connectivity index (χ1n) is 9.15. The average Bonchev–Trinajstić information content (AvgIpc) is 3.44. The second kappa shape index (κ2) is 9.75. The summed E-state index contributed by atoms with van der Waals surface area (Å²) in [5, 5.41) is 22.2. The first-order chi connectivity index (χ1) is 14.6. The molecule has 5 aromatic rings. The standard InChI is InChI=1S/2C8H7N.C8H6O4/c2*1-2-4-8-6-9-5-7(8)3-1;9-7(10)5-3-1-2-4-6(5)8(11)12/h2*1-6,9H;1-4H,(H,9,10)(H,11,12). The Bertz CT molecular complexity index is 1110. The molecule has 30 heavy (non-hydrogen) atoms. The molecule has 150 valence electrons. The fraction of sp³-hybridized carbons (Fsp3) is 0. The highest BCUT2D eigenvalue weighted by Crippen LogP contribution is 2.11. The molecule has 6 heteroatoms. The van der Waals surface area contributed by atoms with Gasteiger partial charge in [0.1, 0.15) is 0 Å². The van der Waals surface area contributed by atoms with Crippen LogP contribution in [0, 0.1) is 0 Å². The summed E-state index contributed by atoms with van der Waals surface area (Å²) in [5.41, 5.74) is -0.380. The van der Waals surface area contributed by atoms with Crippen molar-refractivity contribution in [2.45, 2.75) is 0 Å². The van der Waals surface area contributed by atoms with E-state index in [1.165, 1.54) is 45.8 Å². The molecule has 0 aliphatic heterocycles. The number of benzene rings is 3. The number of hydrogen-bond acceptors (Lipinski definition) is 2. The minimum atomic E-state index is -1.23. The molecular weight excluding hydrogens is 380 g/mol. The van der Waals surface area contributed by atoms with Crippen LogP contribution in [0.1, 0.15) is 20.7 Å². The Morgan fingerprint density at radius 1 is 0.500 bits per heavy atom. The fourth-order valence-electron chi connectivity index (χ4n) is 2.85. The summed E-state index contributed by atoms with van der Waals surface area (Å²) in [6, 6.07) is 22.0. The van der Waals surface area contributed by atoms with Gasteiger partial charge >= 0.3 is 11.9 Å².